The molecule has 0 heterocycles. The first kappa shape index (κ1) is 22.4. The zero-order valence-electron chi connectivity index (χ0n) is 19.5. The number of anilines is 1. The maximum atomic E-state index is 2.39. The molecule has 0 radical (unpaired) electrons. The van der Waals surface area contributed by atoms with Crippen molar-refractivity contribution in [3.8, 4) is 0 Å². The van der Waals surface area contributed by atoms with E-state index < -0.39 is 0 Å². The highest BCUT2D eigenvalue weighted by atomic mass is 15.1. The van der Waals surface area contributed by atoms with Crippen LogP contribution in [0.15, 0.2) is 127 Å². The number of allylic oxidation sites excluding steroid dienone is 2. The predicted octanol–water partition coefficient (Wildman–Crippen LogP) is 8.10. The first-order valence-corrected chi connectivity index (χ1v) is 11.7. The van der Waals surface area contributed by atoms with Gasteiger partial charge in [-0.3, -0.25) is 0 Å². The van der Waals surface area contributed by atoms with Crippen molar-refractivity contribution < 1.29 is 0 Å². The van der Waals surface area contributed by atoms with Gasteiger partial charge < -0.3 is 4.90 Å². The summed E-state index contributed by atoms with van der Waals surface area (Å²) in [5.41, 5.74) is 8.55. The van der Waals surface area contributed by atoms with Crippen LogP contribution in [0.5, 0.6) is 0 Å². The van der Waals surface area contributed by atoms with Gasteiger partial charge in [-0.15, -0.1) is 0 Å². The van der Waals surface area contributed by atoms with Crippen molar-refractivity contribution in [2.24, 2.45) is 0 Å². The number of rotatable bonds is 8. The summed E-state index contributed by atoms with van der Waals surface area (Å²) >= 11 is 0. The van der Waals surface area contributed by atoms with E-state index in [1.165, 1.54) is 39.1 Å². The van der Waals surface area contributed by atoms with Crippen molar-refractivity contribution in [3.05, 3.63) is 150 Å². The summed E-state index contributed by atoms with van der Waals surface area (Å²) in [5.74, 6) is 0. The number of nitrogens with zero attached hydrogens (tertiary/aromatic N) is 1. The lowest BCUT2D eigenvalue weighted by Crippen LogP contribution is -2.21. The molecule has 0 saturated carbocycles. The van der Waals surface area contributed by atoms with Crippen LogP contribution >= 0.6 is 0 Å². The van der Waals surface area contributed by atoms with Crippen LogP contribution in [-0.2, 0) is 0 Å². The monoisotopic (exact) mass is 429 g/mol. The van der Waals surface area contributed by atoms with Crippen LogP contribution in [0.3, 0.4) is 0 Å². The predicted molar refractivity (Wildman–Crippen MR) is 143 cm³/mol. The van der Waals surface area contributed by atoms with Crippen LogP contribution < -0.4 is 4.90 Å². The smallest absolute Gasteiger partial charge is 0.0372 e. The molecule has 0 aliphatic heterocycles. The lowest BCUT2D eigenvalue weighted by atomic mass is 9.94. The van der Waals surface area contributed by atoms with Crippen LogP contribution in [0, 0.1) is 0 Å². The molecule has 1 heteroatoms. The van der Waals surface area contributed by atoms with Crippen LogP contribution in [0.2, 0.25) is 0 Å². The molecule has 0 bridgehead atoms. The van der Waals surface area contributed by atoms with Crippen molar-refractivity contribution in [1.29, 1.82) is 0 Å². The van der Waals surface area contributed by atoms with E-state index in [1.54, 1.807) is 0 Å². The standard InChI is InChI=1S/C32H31N/c1-3-33(4-2)30-22-14-21-29(25-30)32(28-19-12-7-13-20-28)24-23-31(26-15-8-5-9-16-26)27-17-10-6-11-18-27/h5-25H,3-4H2,1-2H3. The third kappa shape index (κ3) is 5.51. The summed E-state index contributed by atoms with van der Waals surface area (Å²) in [6.45, 7) is 6.41. The van der Waals surface area contributed by atoms with Crippen molar-refractivity contribution in [3.63, 3.8) is 0 Å². The summed E-state index contributed by atoms with van der Waals surface area (Å²) < 4.78 is 0. The minimum atomic E-state index is 0.996. The van der Waals surface area contributed by atoms with Gasteiger partial charge in [-0.25, -0.2) is 0 Å². The molecule has 0 fully saturated rings. The highest BCUT2D eigenvalue weighted by molar-refractivity contribution is 5.86. The Morgan fingerprint density at radius 3 is 1.33 bits per heavy atom. The summed E-state index contributed by atoms with van der Waals surface area (Å²) in [6.07, 6.45) is 4.53. The fourth-order valence-electron chi connectivity index (χ4n) is 4.20. The van der Waals surface area contributed by atoms with E-state index in [0.717, 1.165) is 13.1 Å². The molecule has 33 heavy (non-hydrogen) atoms. The van der Waals surface area contributed by atoms with Gasteiger partial charge in [0.25, 0.3) is 0 Å². The molecule has 0 N–H and O–H groups in total. The molecule has 4 rings (SSSR count). The molecule has 0 saturated heterocycles. The SMILES string of the molecule is CCN(CC)c1cccc(C(=CC=C(c2ccccc2)c2ccccc2)c2ccccc2)c1. The van der Waals surface area contributed by atoms with E-state index in [2.05, 4.69) is 146 Å². The molecule has 0 aliphatic rings. The van der Waals surface area contributed by atoms with E-state index in [4.69, 9.17) is 0 Å². The second-order valence-electron chi connectivity index (χ2n) is 7.98. The Balaban J connectivity index is 1.86. The lowest BCUT2D eigenvalue weighted by molar-refractivity contribution is 0.866. The van der Waals surface area contributed by atoms with Gasteiger partial charge in [-0.05, 0) is 59.4 Å². The molecule has 0 aromatic heterocycles. The highest BCUT2D eigenvalue weighted by Crippen LogP contribution is 2.29. The van der Waals surface area contributed by atoms with Crippen molar-refractivity contribution in [2.75, 3.05) is 18.0 Å². The quantitative estimate of drug-likeness (QED) is 0.256. The largest absolute Gasteiger partial charge is 0.372 e. The summed E-state index contributed by atoms with van der Waals surface area (Å²) in [6, 6.07) is 40.8. The Bertz CT molecular complexity index is 1160. The number of hydrogen-bond donors (Lipinski definition) is 0. The van der Waals surface area contributed by atoms with Gasteiger partial charge in [0.1, 0.15) is 0 Å². The van der Waals surface area contributed by atoms with Gasteiger partial charge in [0.05, 0.1) is 0 Å². The third-order valence-electron chi connectivity index (χ3n) is 5.96. The van der Waals surface area contributed by atoms with Gasteiger partial charge in [0.2, 0.25) is 0 Å². The van der Waals surface area contributed by atoms with Crippen LogP contribution in [0.4, 0.5) is 5.69 Å². The fourth-order valence-corrected chi connectivity index (χ4v) is 4.20. The summed E-state index contributed by atoms with van der Waals surface area (Å²) in [5, 5.41) is 0. The van der Waals surface area contributed by atoms with E-state index in [0.29, 0.717) is 0 Å². The maximum absolute atomic E-state index is 2.39. The van der Waals surface area contributed by atoms with Crippen molar-refractivity contribution in [2.45, 2.75) is 13.8 Å². The van der Waals surface area contributed by atoms with E-state index >= 15 is 0 Å². The van der Waals surface area contributed by atoms with Crippen LogP contribution in [0.25, 0.3) is 11.1 Å². The Morgan fingerprint density at radius 1 is 0.515 bits per heavy atom. The first-order valence-electron chi connectivity index (χ1n) is 11.7. The summed E-state index contributed by atoms with van der Waals surface area (Å²) in [7, 11) is 0. The van der Waals surface area contributed by atoms with Crippen molar-refractivity contribution >= 4 is 16.8 Å². The molecule has 0 atom stereocenters. The van der Waals surface area contributed by atoms with Gasteiger partial charge in [-0.2, -0.15) is 0 Å². The average molecular weight is 430 g/mol. The third-order valence-corrected chi connectivity index (χ3v) is 5.96. The number of hydrogen-bond acceptors (Lipinski definition) is 1. The Hall–Kier alpha value is -3.84. The molecule has 0 amide bonds. The first-order chi connectivity index (χ1) is 16.3. The Morgan fingerprint density at radius 2 is 0.909 bits per heavy atom. The summed E-state index contributed by atoms with van der Waals surface area (Å²) in [4.78, 5) is 2.39. The molecular weight excluding hydrogens is 398 g/mol. The molecule has 4 aromatic carbocycles. The normalized spacial score (nSPS) is 11.2. The molecule has 4 aromatic rings. The Kier molecular flexibility index (Phi) is 7.56. The van der Waals surface area contributed by atoms with Crippen molar-refractivity contribution in [1.82, 2.24) is 0 Å². The minimum absolute atomic E-state index is 0.996. The van der Waals surface area contributed by atoms with Gasteiger partial charge in [0, 0.05) is 18.8 Å². The minimum Gasteiger partial charge on any atom is -0.372 e. The topological polar surface area (TPSA) is 3.24 Å². The molecule has 0 spiro atoms. The average Bonchev–Trinajstić information content (AvgIpc) is 2.89. The molecular formula is C32H31N. The lowest BCUT2D eigenvalue weighted by Gasteiger charge is -2.22. The van der Waals surface area contributed by atoms with Gasteiger partial charge in [-0.1, -0.05) is 115 Å². The van der Waals surface area contributed by atoms with E-state index in [1.807, 2.05) is 0 Å². The zero-order chi connectivity index (χ0) is 22.9. The Labute approximate surface area is 198 Å². The second-order valence-corrected chi connectivity index (χ2v) is 7.98. The van der Waals surface area contributed by atoms with Gasteiger partial charge in [0.15, 0.2) is 0 Å². The van der Waals surface area contributed by atoms with E-state index in [9.17, 15) is 0 Å². The van der Waals surface area contributed by atoms with Crippen LogP contribution in [0.1, 0.15) is 36.1 Å². The maximum Gasteiger partial charge on any atom is 0.0372 e. The fraction of sp³-hybridized carbons (Fsp3) is 0.125. The molecule has 1 nitrogen and oxygen atoms in total. The molecule has 0 unspecified atom stereocenters. The molecule has 164 valence electrons. The second kappa shape index (κ2) is 11.2. The number of benzene rings is 4. The molecule has 0 aliphatic carbocycles. The van der Waals surface area contributed by atoms with E-state index in [-0.39, 0.29) is 0 Å². The highest BCUT2D eigenvalue weighted by Gasteiger charge is 2.09. The zero-order valence-corrected chi connectivity index (χ0v) is 19.5. The van der Waals surface area contributed by atoms with Crippen LogP contribution in [-0.4, -0.2) is 13.1 Å². The van der Waals surface area contributed by atoms with Gasteiger partial charge >= 0.3 is 0 Å².